The average molecular weight is 392 g/mol. The summed E-state index contributed by atoms with van der Waals surface area (Å²) in [5.74, 6) is -5.80. The van der Waals surface area contributed by atoms with Crippen LogP contribution in [0.3, 0.4) is 0 Å². The third-order valence-electron chi connectivity index (χ3n) is 3.63. The van der Waals surface area contributed by atoms with Crippen LogP contribution < -0.4 is 4.18 Å². The normalized spacial score (nSPS) is 11.2. The first-order valence-electron chi connectivity index (χ1n) is 7.57. The third kappa shape index (κ3) is 3.85. The summed E-state index contributed by atoms with van der Waals surface area (Å²) in [5, 5.41) is 0. The monoisotopic (exact) mass is 392 g/mol. The lowest BCUT2D eigenvalue weighted by Crippen LogP contribution is -2.13. The van der Waals surface area contributed by atoms with Crippen LogP contribution in [0.1, 0.15) is 15.9 Å². The molecule has 8 heteroatoms. The van der Waals surface area contributed by atoms with Crippen LogP contribution in [-0.4, -0.2) is 14.2 Å². The highest BCUT2D eigenvalue weighted by molar-refractivity contribution is 7.87. The van der Waals surface area contributed by atoms with Crippen LogP contribution >= 0.6 is 0 Å². The third-order valence-corrected chi connectivity index (χ3v) is 4.89. The van der Waals surface area contributed by atoms with Gasteiger partial charge in [0.05, 0.1) is 0 Å². The van der Waals surface area contributed by atoms with Crippen molar-refractivity contribution in [3.8, 4) is 5.75 Å². The minimum absolute atomic E-state index is 0.219. The Kier molecular flexibility index (Phi) is 5.00. The van der Waals surface area contributed by atoms with Gasteiger partial charge in [-0.25, -0.2) is 13.2 Å². The molecule has 0 atom stereocenters. The summed E-state index contributed by atoms with van der Waals surface area (Å²) in [6.07, 6.45) is 0. The van der Waals surface area contributed by atoms with Gasteiger partial charge < -0.3 is 4.18 Å². The van der Waals surface area contributed by atoms with E-state index in [2.05, 4.69) is 0 Å². The second-order valence-corrected chi connectivity index (χ2v) is 6.95. The smallest absolute Gasteiger partial charge is 0.342 e. The molecule has 0 saturated heterocycles. The van der Waals surface area contributed by atoms with Crippen LogP contribution in [0, 0.1) is 17.5 Å². The van der Waals surface area contributed by atoms with E-state index in [0.717, 1.165) is 0 Å². The molecule has 0 N–H and O–H groups in total. The van der Waals surface area contributed by atoms with Crippen molar-refractivity contribution in [2.24, 2.45) is 0 Å². The van der Waals surface area contributed by atoms with E-state index in [-0.39, 0.29) is 17.1 Å². The van der Waals surface area contributed by atoms with E-state index in [0.29, 0.717) is 17.7 Å². The van der Waals surface area contributed by atoms with Crippen LogP contribution in [0.25, 0.3) is 0 Å². The molecule has 0 bridgehead atoms. The van der Waals surface area contributed by atoms with Crippen molar-refractivity contribution in [1.29, 1.82) is 0 Å². The van der Waals surface area contributed by atoms with Crippen LogP contribution in [0.5, 0.6) is 5.75 Å². The van der Waals surface area contributed by atoms with Crippen molar-refractivity contribution in [2.45, 2.75) is 4.90 Å². The summed E-state index contributed by atoms with van der Waals surface area (Å²) in [5.41, 5.74) is 0.729. The Morgan fingerprint density at radius 3 is 1.96 bits per heavy atom. The number of carbonyl (C=O) groups excluding carboxylic acids is 1. The lowest BCUT2D eigenvalue weighted by molar-refractivity contribution is 0.103. The summed E-state index contributed by atoms with van der Waals surface area (Å²) in [4.78, 5) is 11.2. The summed E-state index contributed by atoms with van der Waals surface area (Å²) in [6.45, 7) is 0. The molecular formula is C19H11F3O4S. The Bertz CT molecular complexity index is 1100. The minimum atomic E-state index is -4.74. The first-order chi connectivity index (χ1) is 12.8. The number of benzene rings is 3. The van der Waals surface area contributed by atoms with Crippen molar-refractivity contribution in [3.63, 3.8) is 0 Å². The zero-order valence-corrected chi connectivity index (χ0v) is 14.3. The first kappa shape index (κ1) is 18.7. The predicted molar refractivity (Wildman–Crippen MR) is 90.4 cm³/mol. The van der Waals surface area contributed by atoms with Crippen LogP contribution in [0.15, 0.2) is 71.6 Å². The lowest BCUT2D eigenvalue weighted by Gasteiger charge is -2.09. The van der Waals surface area contributed by atoms with Crippen molar-refractivity contribution in [1.82, 2.24) is 0 Å². The van der Waals surface area contributed by atoms with Gasteiger partial charge in [0.15, 0.2) is 23.2 Å². The van der Waals surface area contributed by atoms with Gasteiger partial charge in [-0.1, -0.05) is 30.3 Å². The van der Waals surface area contributed by atoms with Gasteiger partial charge in [0.25, 0.3) is 0 Å². The Balaban J connectivity index is 1.84. The van der Waals surface area contributed by atoms with Gasteiger partial charge in [-0.2, -0.15) is 8.42 Å². The fourth-order valence-corrected chi connectivity index (χ4v) is 3.29. The van der Waals surface area contributed by atoms with Crippen molar-refractivity contribution in [2.75, 3.05) is 0 Å². The molecule has 3 aromatic rings. The van der Waals surface area contributed by atoms with E-state index in [1.54, 1.807) is 30.3 Å². The number of halogens is 3. The number of hydrogen-bond acceptors (Lipinski definition) is 4. The van der Waals surface area contributed by atoms with E-state index in [1.807, 2.05) is 0 Å². The molecule has 0 radical (unpaired) electrons. The number of ketones is 1. The van der Waals surface area contributed by atoms with Crippen LogP contribution in [0.2, 0.25) is 0 Å². The highest BCUT2D eigenvalue weighted by atomic mass is 32.2. The maximum absolute atomic E-state index is 13.7. The molecule has 4 nitrogen and oxygen atoms in total. The Morgan fingerprint density at radius 2 is 1.33 bits per heavy atom. The number of carbonyl (C=O) groups is 1. The van der Waals surface area contributed by atoms with Gasteiger partial charge in [0, 0.05) is 11.1 Å². The zero-order valence-electron chi connectivity index (χ0n) is 13.5. The molecule has 138 valence electrons. The molecule has 0 aliphatic carbocycles. The lowest BCUT2D eigenvalue weighted by atomic mass is 10.0. The van der Waals surface area contributed by atoms with E-state index in [4.69, 9.17) is 4.18 Å². The average Bonchev–Trinajstić information content (AvgIpc) is 2.66. The Hall–Kier alpha value is -3.13. The topological polar surface area (TPSA) is 60.4 Å². The van der Waals surface area contributed by atoms with Gasteiger partial charge in [0.1, 0.15) is 10.6 Å². The van der Waals surface area contributed by atoms with Crippen molar-refractivity contribution >= 4 is 15.9 Å². The maximum atomic E-state index is 13.7. The fraction of sp³-hybridized carbons (Fsp3) is 0. The van der Waals surface area contributed by atoms with Gasteiger partial charge in [-0.3, -0.25) is 4.79 Å². The molecular weight excluding hydrogens is 381 g/mol. The Morgan fingerprint density at radius 1 is 0.741 bits per heavy atom. The summed E-state index contributed by atoms with van der Waals surface area (Å²) in [6, 6.07) is 14.5. The van der Waals surface area contributed by atoms with Gasteiger partial charge in [-0.15, -0.1) is 0 Å². The molecule has 0 spiro atoms. The number of rotatable bonds is 5. The largest absolute Gasteiger partial charge is 0.379 e. The van der Waals surface area contributed by atoms with Crippen LogP contribution in [0.4, 0.5) is 13.2 Å². The van der Waals surface area contributed by atoms with Crippen molar-refractivity contribution in [3.05, 3.63) is 95.3 Å². The maximum Gasteiger partial charge on any atom is 0.342 e. The van der Waals surface area contributed by atoms with E-state index >= 15 is 0 Å². The van der Waals surface area contributed by atoms with Gasteiger partial charge >= 0.3 is 10.1 Å². The molecule has 0 aliphatic rings. The molecule has 0 unspecified atom stereocenters. The summed E-state index contributed by atoms with van der Waals surface area (Å²) >= 11 is 0. The molecule has 0 aliphatic heterocycles. The molecule has 0 aromatic heterocycles. The van der Waals surface area contributed by atoms with Crippen LogP contribution in [-0.2, 0) is 10.1 Å². The predicted octanol–water partition coefficient (Wildman–Crippen LogP) is 4.10. The highest BCUT2D eigenvalue weighted by Gasteiger charge is 2.26. The molecule has 0 heterocycles. The molecule has 3 aromatic carbocycles. The minimum Gasteiger partial charge on any atom is -0.379 e. The van der Waals surface area contributed by atoms with Crippen molar-refractivity contribution < 1.29 is 30.6 Å². The first-order valence-corrected chi connectivity index (χ1v) is 8.98. The SMILES string of the molecule is O=C(c1ccccc1)c1ccc(OS(=O)(=O)c2ccc(F)c(F)c2F)cc1. The van der Waals surface area contributed by atoms with E-state index < -0.39 is 32.5 Å². The second kappa shape index (κ2) is 7.24. The Labute approximate surface area is 153 Å². The molecule has 27 heavy (non-hydrogen) atoms. The zero-order chi connectivity index (χ0) is 19.6. The second-order valence-electron chi connectivity index (χ2n) is 5.43. The molecule has 3 rings (SSSR count). The van der Waals surface area contributed by atoms with Gasteiger partial charge in [0.2, 0.25) is 0 Å². The molecule has 0 saturated carbocycles. The number of hydrogen-bond donors (Lipinski definition) is 0. The molecule has 0 fully saturated rings. The van der Waals surface area contributed by atoms with E-state index in [9.17, 15) is 26.4 Å². The quantitative estimate of drug-likeness (QED) is 0.373. The highest BCUT2D eigenvalue weighted by Crippen LogP contribution is 2.24. The van der Waals surface area contributed by atoms with Gasteiger partial charge in [-0.05, 0) is 36.4 Å². The standard InChI is InChI=1S/C19H11F3O4S/c20-15-10-11-16(18(22)17(15)21)27(24,25)26-14-8-6-13(7-9-14)19(23)12-4-2-1-3-5-12/h1-11H. The molecule has 0 amide bonds. The van der Waals surface area contributed by atoms with E-state index in [1.165, 1.54) is 24.3 Å². The summed E-state index contributed by atoms with van der Waals surface area (Å²) in [7, 11) is -4.74. The fourth-order valence-electron chi connectivity index (χ4n) is 2.29. The summed E-state index contributed by atoms with van der Waals surface area (Å²) < 4.78 is 68.9.